The fourth-order valence-electron chi connectivity index (χ4n) is 5.75. The number of carbonyl (C=O) groups excluding carboxylic acids is 1. The Kier molecular flexibility index (Phi) is 8.05. The van der Waals surface area contributed by atoms with Crippen molar-refractivity contribution in [1.82, 2.24) is 9.80 Å². The molecule has 1 saturated carbocycles. The van der Waals surface area contributed by atoms with Gasteiger partial charge < -0.3 is 9.80 Å². The molecule has 0 radical (unpaired) electrons. The minimum absolute atomic E-state index is 0.343. The molecule has 0 aromatic carbocycles. The first-order valence-electron chi connectivity index (χ1n) is 12.1. The normalized spacial score (nSPS) is 29.4. The van der Waals surface area contributed by atoms with E-state index >= 15 is 0 Å². The Labute approximate surface area is 168 Å². The molecule has 0 N–H and O–H groups in total. The average Bonchev–Trinajstić information content (AvgIpc) is 2.72. The molecule has 3 rings (SSSR count). The SMILES string of the molecule is CCC1CCC(C(=O)N2CCC(CCC3CCN(C(C)C)CC3)CC2)CC1. The van der Waals surface area contributed by atoms with Crippen molar-refractivity contribution in [2.45, 2.75) is 97.4 Å². The first kappa shape index (κ1) is 21.1. The second-order valence-electron chi connectivity index (χ2n) is 10.0. The second kappa shape index (κ2) is 10.3. The van der Waals surface area contributed by atoms with Gasteiger partial charge in [-0.25, -0.2) is 0 Å². The molecule has 1 aliphatic carbocycles. The van der Waals surface area contributed by atoms with Gasteiger partial charge >= 0.3 is 0 Å². The van der Waals surface area contributed by atoms with Crippen molar-refractivity contribution in [3.63, 3.8) is 0 Å². The van der Waals surface area contributed by atoms with Crippen LogP contribution in [0.4, 0.5) is 0 Å². The van der Waals surface area contributed by atoms with Crippen LogP contribution in [0.15, 0.2) is 0 Å². The van der Waals surface area contributed by atoms with Crippen LogP contribution in [0, 0.1) is 23.7 Å². The first-order valence-corrected chi connectivity index (χ1v) is 12.1. The molecule has 27 heavy (non-hydrogen) atoms. The number of hydrogen-bond acceptors (Lipinski definition) is 2. The van der Waals surface area contributed by atoms with E-state index in [1.165, 1.54) is 70.9 Å². The molecule has 3 heteroatoms. The van der Waals surface area contributed by atoms with E-state index in [9.17, 15) is 4.79 Å². The van der Waals surface area contributed by atoms with Gasteiger partial charge in [0.1, 0.15) is 0 Å². The van der Waals surface area contributed by atoms with Crippen LogP contribution in [0.1, 0.15) is 91.4 Å². The van der Waals surface area contributed by atoms with Crippen molar-refractivity contribution in [3.8, 4) is 0 Å². The van der Waals surface area contributed by atoms with Crippen LogP contribution < -0.4 is 0 Å². The minimum Gasteiger partial charge on any atom is -0.342 e. The van der Waals surface area contributed by atoms with E-state index in [0.29, 0.717) is 17.9 Å². The lowest BCUT2D eigenvalue weighted by molar-refractivity contribution is -0.138. The summed E-state index contributed by atoms with van der Waals surface area (Å²) in [6.45, 7) is 11.6. The first-order chi connectivity index (χ1) is 13.1. The summed E-state index contributed by atoms with van der Waals surface area (Å²) in [5.74, 6) is 3.54. The number of likely N-dealkylation sites (tertiary alicyclic amines) is 2. The highest BCUT2D eigenvalue weighted by atomic mass is 16.2. The number of amides is 1. The Balaban J connectivity index is 1.32. The van der Waals surface area contributed by atoms with Crippen LogP contribution in [0.3, 0.4) is 0 Å². The molecule has 0 aromatic heterocycles. The standard InChI is InChI=1S/C24H44N2O/c1-4-20-7-9-23(10-8-20)24(27)26-17-13-22(14-18-26)6-5-21-11-15-25(16-12-21)19(2)3/h19-23H,4-18H2,1-3H3. The molecule has 0 unspecified atom stereocenters. The van der Waals surface area contributed by atoms with E-state index < -0.39 is 0 Å². The minimum atomic E-state index is 0.343. The summed E-state index contributed by atoms with van der Waals surface area (Å²) in [5, 5.41) is 0. The van der Waals surface area contributed by atoms with Gasteiger partial charge in [-0.2, -0.15) is 0 Å². The zero-order chi connectivity index (χ0) is 19.2. The van der Waals surface area contributed by atoms with Gasteiger partial charge in [-0.15, -0.1) is 0 Å². The van der Waals surface area contributed by atoms with Gasteiger partial charge in [0.15, 0.2) is 0 Å². The maximum absolute atomic E-state index is 12.9. The largest absolute Gasteiger partial charge is 0.342 e. The molecule has 3 aliphatic rings. The average molecular weight is 377 g/mol. The number of hydrogen-bond donors (Lipinski definition) is 0. The summed E-state index contributed by atoms with van der Waals surface area (Å²) in [7, 11) is 0. The Hall–Kier alpha value is -0.570. The van der Waals surface area contributed by atoms with Crippen molar-refractivity contribution in [2.24, 2.45) is 23.7 Å². The zero-order valence-corrected chi connectivity index (χ0v) is 18.3. The molecule has 0 spiro atoms. The van der Waals surface area contributed by atoms with E-state index in [1.807, 2.05) is 0 Å². The van der Waals surface area contributed by atoms with Crippen molar-refractivity contribution in [1.29, 1.82) is 0 Å². The fourth-order valence-corrected chi connectivity index (χ4v) is 5.75. The molecule has 3 nitrogen and oxygen atoms in total. The molecule has 2 saturated heterocycles. The van der Waals surface area contributed by atoms with E-state index in [2.05, 4.69) is 30.6 Å². The predicted molar refractivity (Wildman–Crippen MR) is 114 cm³/mol. The Bertz CT molecular complexity index is 439. The van der Waals surface area contributed by atoms with Gasteiger partial charge in [0.2, 0.25) is 5.91 Å². The molecule has 2 heterocycles. The van der Waals surface area contributed by atoms with Crippen LogP contribution in [-0.4, -0.2) is 47.9 Å². The molecular formula is C24H44N2O. The highest BCUT2D eigenvalue weighted by Crippen LogP contribution is 2.33. The van der Waals surface area contributed by atoms with Gasteiger partial charge in [-0.05, 0) is 96.1 Å². The van der Waals surface area contributed by atoms with Gasteiger partial charge in [-0.1, -0.05) is 26.2 Å². The van der Waals surface area contributed by atoms with Crippen LogP contribution in [0.25, 0.3) is 0 Å². The van der Waals surface area contributed by atoms with Crippen LogP contribution in [0.5, 0.6) is 0 Å². The van der Waals surface area contributed by atoms with Crippen LogP contribution in [-0.2, 0) is 4.79 Å². The van der Waals surface area contributed by atoms with Gasteiger partial charge in [0.05, 0.1) is 0 Å². The van der Waals surface area contributed by atoms with Crippen LogP contribution >= 0.6 is 0 Å². The summed E-state index contributed by atoms with van der Waals surface area (Å²) in [4.78, 5) is 17.7. The Morgan fingerprint density at radius 2 is 1.30 bits per heavy atom. The summed E-state index contributed by atoms with van der Waals surface area (Å²) < 4.78 is 0. The smallest absolute Gasteiger partial charge is 0.225 e. The maximum Gasteiger partial charge on any atom is 0.225 e. The zero-order valence-electron chi connectivity index (χ0n) is 18.3. The second-order valence-corrected chi connectivity index (χ2v) is 10.0. The highest BCUT2D eigenvalue weighted by Gasteiger charge is 2.31. The Morgan fingerprint density at radius 3 is 1.78 bits per heavy atom. The lowest BCUT2D eigenvalue weighted by Crippen LogP contribution is -2.42. The molecule has 2 aliphatic heterocycles. The third-order valence-electron chi connectivity index (χ3n) is 8.06. The number of rotatable bonds is 6. The molecular weight excluding hydrogens is 332 g/mol. The maximum atomic E-state index is 12.9. The van der Waals surface area contributed by atoms with E-state index in [1.54, 1.807) is 0 Å². The van der Waals surface area contributed by atoms with Gasteiger partial charge in [0.25, 0.3) is 0 Å². The summed E-state index contributed by atoms with van der Waals surface area (Å²) in [5.41, 5.74) is 0. The third kappa shape index (κ3) is 5.95. The van der Waals surface area contributed by atoms with E-state index in [-0.39, 0.29) is 0 Å². The van der Waals surface area contributed by atoms with Crippen molar-refractivity contribution >= 4 is 5.91 Å². The quantitative estimate of drug-likeness (QED) is 0.624. The van der Waals surface area contributed by atoms with Gasteiger partial charge in [0, 0.05) is 25.0 Å². The molecule has 3 fully saturated rings. The summed E-state index contributed by atoms with van der Waals surface area (Å²) in [6, 6.07) is 0.713. The number of carbonyl (C=O) groups is 1. The third-order valence-corrected chi connectivity index (χ3v) is 8.06. The number of piperidine rings is 2. The van der Waals surface area contributed by atoms with Crippen molar-refractivity contribution < 1.29 is 4.79 Å². The van der Waals surface area contributed by atoms with E-state index in [4.69, 9.17) is 0 Å². The van der Waals surface area contributed by atoms with Crippen LogP contribution in [0.2, 0.25) is 0 Å². The number of nitrogens with zero attached hydrogens (tertiary/aromatic N) is 2. The van der Waals surface area contributed by atoms with Gasteiger partial charge in [-0.3, -0.25) is 4.79 Å². The molecule has 0 atom stereocenters. The van der Waals surface area contributed by atoms with Crippen molar-refractivity contribution in [2.75, 3.05) is 26.2 Å². The monoisotopic (exact) mass is 376 g/mol. The lowest BCUT2D eigenvalue weighted by atomic mass is 9.79. The fraction of sp³-hybridized carbons (Fsp3) is 0.958. The summed E-state index contributed by atoms with van der Waals surface area (Å²) in [6.07, 6.45) is 14.3. The predicted octanol–water partition coefficient (Wildman–Crippen LogP) is 5.34. The highest BCUT2D eigenvalue weighted by molar-refractivity contribution is 5.79. The molecule has 1 amide bonds. The van der Waals surface area contributed by atoms with Crippen molar-refractivity contribution in [3.05, 3.63) is 0 Å². The lowest BCUT2D eigenvalue weighted by Gasteiger charge is -2.37. The molecule has 0 bridgehead atoms. The summed E-state index contributed by atoms with van der Waals surface area (Å²) >= 11 is 0. The Morgan fingerprint density at radius 1 is 0.778 bits per heavy atom. The topological polar surface area (TPSA) is 23.6 Å². The van der Waals surface area contributed by atoms with E-state index in [0.717, 1.165) is 43.7 Å². The molecule has 0 aromatic rings. The molecule has 156 valence electrons.